The molecule has 0 radical (unpaired) electrons. The quantitative estimate of drug-likeness (QED) is 0.539. The van der Waals surface area contributed by atoms with Crippen LogP contribution in [0.4, 0.5) is 5.69 Å². The number of thioether (sulfide) groups is 1. The molecule has 0 aromatic heterocycles. The minimum Gasteiger partial charge on any atom is -0.507 e. The van der Waals surface area contributed by atoms with Crippen molar-refractivity contribution in [3.05, 3.63) is 27.7 Å². The Morgan fingerprint density at radius 3 is 2.50 bits per heavy atom. The lowest BCUT2D eigenvalue weighted by molar-refractivity contribution is -0.140. The second-order valence-corrected chi connectivity index (χ2v) is 11.2. The zero-order chi connectivity index (χ0) is 22.0. The molecule has 1 fully saturated rings. The van der Waals surface area contributed by atoms with Crippen LogP contribution in [0, 0.1) is 0 Å². The van der Waals surface area contributed by atoms with E-state index in [4.69, 9.17) is 17.3 Å². The molecular formula is C22H26N2O4S2. The molecule has 1 saturated heterocycles. The van der Waals surface area contributed by atoms with Crippen molar-refractivity contribution >= 4 is 51.9 Å². The first kappa shape index (κ1) is 21.2. The molecule has 1 aromatic carbocycles. The molecule has 30 heavy (non-hydrogen) atoms. The van der Waals surface area contributed by atoms with Gasteiger partial charge in [-0.25, -0.2) is 0 Å². The maximum Gasteiger partial charge on any atom is 0.323 e. The number of thiocarbonyl (C=S) groups is 1. The van der Waals surface area contributed by atoms with Gasteiger partial charge in [0.2, 0.25) is 0 Å². The third-order valence-corrected chi connectivity index (χ3v) is 7.87. The van der Waals surface area contributed by atoms with Crippen LogP contribution < -0.4 is 4.90 Å². The first-order chi connectivity index (χ1) is 13.9. The van der Waals surface area contributed by atoms with E-state index in [1.54, 1.807) is 6.08 Å². The number of hydrogen-bond donors (Lipinski definition) is 2. The molecule has 1 amide bonds. The Hall–Kier alpha value is -2.06. The number of aromatic hydroxyl groups is 1. The molecule has 1 aromatic rings. The van der Waals surface area contributed by atoms with Crippen LogP contribution in [-0.4, -0.2) is 50.9 Å². The average molecular weight is 447 g/mol. The number of carboxylic acids is 1. The number of aliphatic carboxylic acids is 1. The van der Waals surface area contributed by atoms with Crippen molar-refractivity contribution in [2.24, 2.45) is 0 Å². The second-order valence-electron chi connectivity index (χ2n) is 9.50. The van der Waals surface area contributed by atoms with Crippen LogP contribution in [0.3, 0.4) is 0 Å². The Kier molecular flexibility index (Phi) is 4.93. The van der Waals surface area contributed by atoms with Crippen LogP contribution in [0.1, 0.15) is 57.2 Å². The molecule has 3 aliphatic rings. The summed E-state index contributed by atoms with van der Waals surface area (Å²) < 4.78 is 0.222. The van der Waals surface area contributed by atoms with Gasteiger partial charge in [0.15, 0.2) is 0 Å². The highest BCUT2D eigenvalue weighted by Crippen LogP contribution is 2.53. The van der Waals surface area contributed by atoms with Gasteiger partial charge in [-0.2, -0.15) is 0 Å². The van der Waals surface area contributed by atoms with Gasteiger partial charge in [-0.05, 0) is 41.4 Å². The lowest BCUT2D eigenvalue weighted by Crippen LogP contribution is -2.44. The zero-order valence-corrected chi connectivity index (χ0v) is 19.2. The van der Waals surface area contributed by atoms with E-state index in [0.717, 1.165) is 53.8 Å². The summed E-state index contributed by atoms with van der Waals surface area (Å²) in [5.74, 6) is -1.35. The number of anilines is 1. The van der Waals surface area contributed by atoms with E-state index >= 15 is 0 Å². The molecule has 8 heteroatoms. The van der Waals surface area contributed by atoms with Gasteiger partial charge in [0.1, 0.15) is 16.6 Å². The fraction of sp³-hybridized carbons (Fsp3) is 0.500. The van der Waals surface area contributed by atoms with Gasteiger partial charge < -0.3 is 15.1 Å². The summed E-state index contributed by atoms with van der Waals surface area (Å²) in [6, 6.07) is 1.99. The van der Waals surface area contributed by atoms with Crippen LogP contribution in [0.25, 0.3) is 6.08 Å². The van der Waals surface area contributed by atoms with Gasteiger partial charge >= 0.3 is 5.97 Å². The molecule has 4 rings (SSSR count). The summed E-state index contributed by atoms with van der Waals surface area (Å²) >= 11 is 6.28. The number of rotatable bonds is 3. The van der Waals surface area contributed by atoms with Gasteiger partial charge in [-0.15, -0.1) is 0 Å². The lowest BCUT2D eigenvalue weighted by atomic mass is 9.68. The topological polar surface area (TPSA) is 81.1 Å². The summed E-state index contributed by atoms with van der Waals surface area (Å²) in [5, 5.41) is 20.3. The number of carbonyl (C=O) groups is 2. The predicted octanol–water partition coefficient (Wildman–Crippen LogP) is 3.85. The van der Waals surface area contributed by atoms with Crippen LogP contribution >= 0.6 is 24.0 Å². The summed E-state index contributed by atoms with van der Waals surface area (Å²) in [6.07, 6.45) is 3.62. The summed E-state index contributed by atoms with van der Waals surface area (Å²) in [5.41, 5.74) is 3.60. The fourth-order valence-corrected chi connectivity index (χ4v) is 5.86. The van der Waals surface area contributed by atoms with Crippen LogP contribution in [0.5, 0.6) is 5.75 Å². The number of carboxylic acid groups (broad SMARTS) is 1. The highest BCUT2D eigenvalue weighted by atomic mass is 32.2. The molecular weight excluding hydrogens is 420 g/mol. The van der Waals surface area contributed by atoms with E-state index in [9.17, 15) is 14.7 Å². The first-order valence-corrected chi connectivity index (χ1v) is 11.3. The van der Waals surface area contributed by atoms with Gasteiger partial charge in [-0.1, -0.05) is 51.7 Å². The molecule has 3 heterocycles. The standard InChI is InChI=1S/C22H26N2O4S2/c1-21(2)5-7-23-8-6-22(3,4)16-17(23)13(21)9-12(18(16)27)10-14-19(28)24(11-15(25)26)20(29)30-14/h9-10,27H,5-8,11H2,1-4H3,(H,25,26)/b14-10+. The number of phenolic OH excluding ortho intramolecular Hbond substituents is 1. The molecule has 6 nitrogen and oxygen atoms in total. The highest BCUT2D eigenvalue weighted by molar-refractivity contribution is 8.26. The van der Waals surface area contributed by atoms with Crippen molar-refractivity contribution in [1.82, 2.24) is 4.90 Å². The summed E-state index contributed by atoms with van der Waals surface area (Å²) in [4.78, 5) is 27.6. The second kappa shape index (κ2) is 6.99. The van der Waals surface area contributed by atoms with E-state index in [0.29, 0.717) is 10.5 Å². The third-order valence-electron chi connectivity index (χ3n) is 6.49. The van der Waals surface area contributed by atoms with Crippen LogP contribution in [-0.2, 0) is 20.4 Å². The van der Waals surface area contributed by atoms with E-state index < -0.39 is 18.4 Å². The number of carbonyl (C=O) groups excluding carboxylic acids is 1. The van der Waals surface area contributed by atoms with Crippen molar-refractivity contribution in [3.63, 3.8) is 0 Å². The number of benzene rings is 1. The van der Waals surface area contributed by atoms with E-state index in [1.807, 2.05) is 6.07 Å². The Bertz CT molecular complexity index is 1010. The third kappa shape index (κ3) is 3.30. The molecule has 2 N–H and O–H groups in total. The maximum atomic E-state index is 12.7. The Labute approximate surface area is 185 Å². The number of nitrogens with zero attached hydrogens (tertiary/aromatic N) is 2. The van der Waals surface area contributed by atoms with Crippen molar-refractivity contribution in [3.8, 4) is 5.75 Å². The van der Waals surface area contributed by atoms with Gasteiger partial charge in [0.25, 0.3) is 5.91 Å². The molecule has 0 atom stereocenters. The summed E-state index contributed by atoms with van der Waals surface area (Å²) in [7, 11) is 0. The molecule has 0 saturated carbocycles. The number of amides is 1. The van der Waals surface area contributed by atoms with Crippen molar-refractivity contribution < 1.29 is 19.8 Å². The minimum absolute atomic E-state index is 0.0492. The normalized spacial score (nSPS) is 23.1. The van der Waals surface area contributed by atoms with Crippen LogP contribution in [0.15, 0.2) is 11.0 Å². The molecule has 3 aliphatic heterocycles. The van der Waals surface area contributed by atoms with Gasteiger partial charge in [-0.3, -0.25) is 14.5 Å². The molecule has 0 bridgehead atoms. The number of phenols is 1. The summed E-state index contributed by atoms with van der Waals surface area (Å²) in [6.45, 7) is 10.2. The van der Waals surface area contributed by atoms with E-state index in [2.05, 4.69) is 32.6 Å². The van der Waals surface area contributed by atoms with Crippen molar-refractivity contribution in [2.45, 2.75) is 51.4 Å². The molecule has 0 spiro atoms. The smallest absolute Gasteiger partial charge is 0.323 e. The van der Waals surface area contributed by atoms with E-state index in [1.165, 1.54) is 5.56 Å². The predicted molar refractivity (Wildman–Crippen MR) is 123 cm³/mol. The Morgan fingerprint density at radius 2 is 1.87 bits per heavy atom. The molecule has 160 valence electrons. The minimum atomic E-state index is -1.11. The molecule has 0 aliphatic carbocycles. The average Bonchev–Trinajstić information content (AvgIpc) is 2.89. The van der Waals surface area contributed by atoms with Gasteiger partial charge in [0.05, 0.1) is 4.91 Å². The Balaban J connectivity index is 1.87. The monoisotopic (exact) mass is 446 g/mol. The van der Waals surface area contributed by atoms with Crippen molar-refractivity contribution in [2.75, 3.05) is 24.5 Å². The largest absolute Gasteiger partial charge is 0.507 e. The Morgan fingerprint density at radius 1 is 1.23 bits per heavy atom. The van der Waals surface area contributed by atoms with Crippen molar-refractivity contribution in [1.29, 1.82) is 0 Å². The molecule has 0 unspecified atom stereocenters. The SMILES string of the molecule is CC1(C)CCN2CCC(C)(C)c3c(O)c(/C=C4/SC(=S)N(CC(=O)O)C4=O)cc1c32. The number of hydrogen-bond acceptors (Lipinski definition) is 6. The first-order valence-electron chi connectivity index (χ1n) is 10.1. The van der Waals surface area contributed by atoms with E-state index in [-0.39, 0.29) is 20.9 Å². The zero-order valence-electron chi connectivity index (χ0n) is 17.6. The fourth-order valence-electron chi connectivity index (χ4n) is 4.62. The van der Waals surface area contributed by atoms with Crippen LogP contribution in [0.2, 0.25) is 0 Å². The van der Waals surface area contributed by atoms with Gasteiger partial charge in [0, 0.05) is 29.9 Å². The highest BCUT2D eigenvalue weighted by Gasteiger charge is 2.42. The maximum absolute atomic E-state index is 12.7. The lowest BCUT2D eigenvalue weighted by Gasteiger charge is -2.48.